The number of pyridine rings is 1. The summed E-state index contributed by atoms with van der Waals surface area (Å²) in [6.07, 6.45) is -2.50. The molecule has 0 aliphatic heterocycles. The number of alkyl halides is 3. The van der Waals surface area contributed by atoms with Gasteiger partial charge >= 0.3 is 6.18 Å². The molecule has 3 rings (SSSR count). The lowest BCUT2D eigenvalue weighted by molar-refractivity contribution is -0.141. The Morgan fingerprint density at radius 1 is 1.06 bits per heavy atom. The molecule has 0 unspecified atom stereocenters. The van der Waals surface area contributed by atoms with Crippen molar-refractivity contribution in [3.63, 3.8) is 0 Å². The molecular weight excluding hydrogens is 448 g/mol. The van der Waals surface area contributed by atoms with Gasteiger partial charge < -0.3 is 5.32 Å². The summed E-state index contributed by atoms with van der Waals surface area (Å²) in [5.41, 5.74) is -1.55. The normalized spacial score (nSPS) is 11.6. The number of halogens is 6. The van der Waals surface area contributed by atoms with Crippen molar-refractivity contribution in [2.45, 2.75) is 12.7 Å². The van der Waals surface area contributed by atoms with E-state index in [4.69, 9.17) is 0 Å². The molecule has 10 heteroatoms. The van der Waals surface area contributed by atoms with E-state index in [1.807, 2.05) is 0 Å². The number of carbonyl (C=O) groups excluding carboxylic acids is 1. The molecule has 0 radical (unpaired) electrons. The maximum absolute atomic E-state index is 13.7. The van der Waals surface area contributed by atoms with E-state index >= 15 is 0 Å². The van der Waals surface area contributed by atoms with Crippen LogP contribution in [0.15, 0.2) is 59.6 Å². The molecule has 1 N–H and O–H groups in total. The lowest BCUT2D eigenvalue weighted by atomic mass is 10.0. The molecule has 4 nitrogen and oxygen atoms in total. The number of hydrogen-bond donors (Lipinski definition) is 1. The number of aromatic nitrogens is 1. The van der Waals surface area contributed by atoms with Crippen molar-refractivity contribution in [2.24, 2.45) is 4.99 Å². The van der Waals surface area contributed by atoms with E-state index in [0.717, 1.165) is 42.5 Å². The highest BCUT2D eigenvalue weighted by atomic mass is 19.4. The Morgan fingerprint density at radius 2 is 1.76 bits per heavy atom. The second-order valence-corrected chi connectivity index (χ2v) is 6.76. The molecule has 0 saturated carbocycles. The lowest BCUT2D eigenvalue weighted by Gasteiger charge is -2.11. The first-order valence-corrected chi connectivity index (χ1v) is 9.33. The largest absolute Gasteiger partial charge is 0.433 e. The van der Waals surface area contributed by atoms with Gasteiger partial charge in [0.1, 0.15) is 17.2 Å². The summed E-state index contributed by atoms with van der Waals surface area (Å²) < 4.78 is 80.4. The minimum Gasteiger partial charge on any atom is -0.348 e. The number of nitrogens with zero attached hydrogens (tertiary/aromatic N) is 2. The number of rotatable bonds is 6. The van der Waals surface area contributed by atoms with Gasteiger partial charge in [0, 0.05) is 23.7 Å². The van der Waals surface area contributed by atoms with Gasteiger partial charge in [-0.3, -0.25) is 9.79 Å². The van der Waals surface area contributed by atoms with Crippen LogP contribution >= 0.6 is 0 Å². The molecule has 3 aromatic rings. The molecule has 2 aromatic carbocycles. The number of hydrogen-bond acceptors (Lipinski definition) is 3. The fraction of sp³-hybridized carbons (Fsp3) is 0.0870. The fourth-order valence-corrected chi connectivity index (χ4v) is 2.91. The second kappa shape index (κ2) is 9.68. The zero-order chi connectivity index (χ0) is 24.2. The van der Waals surface area contributed by atoms with Gasteiger partial charge in [0.2, 0.25) is 5.91 Å². The van der Waals surface area contributed by atoms with Crippen molar-refractivity contribution >= 4 is 24.4 Å². The average Bonchev–Trinajstić information content (AvgIpc) is 2.75. The van der Waals surface area contributed by atoms with Crippen LogP contribution < -0.4 is 5.32 Å². The van der Waals surface area contributed by atoms with Gasteiger partial charge in [-0.2, -0.15) is 13.2 Å². The van der Waals surface area contributed by atoms with Crippen molar-refractivity contribution in [3.05, 3.63) is 88.9 Å². The van der Waals surface area contributed by atoms with Gasteiger partial charge in [0.15, 0.2) is 11.6 Å². The van der Waals surface area contributed by atoms with Gasteiger partial charge in [0.05, 0.1) is 5.69 Å². The van der Waals surface area contributed by atoms with Crippen molar-refractivity contribution < 1.29 is 31.1 Å². The molecule has 0 atom stereocenters. The molecular formula is C23H15F6N3O. The van der Waals surface area contributed by atoms with Crippen LogP contribution in [-0.2, 0) is 17.5 Å². The third-order valence-corrected chi connectivity index (χ3v) is 4.43. The van der Waals surface area contributed by atoms with Crippen LogP contribution in [0.1, 0.15) is 16.8 Å². The van der Waals surface area contributed by atoms with Crippen molar-refractivity contribution in [1.82, 2.24) is 10.3 Å². The minimum atomic E-state index is -4.72. The Labute approximate surface area is 184 Å². The standard InChI is InChI=1S/C23H15F6N3O/c1-30-22-17(25)9-13(10-18(22)26)12-31-20(33)8-6-14-5-7-19(23(27,28)29)32-21(14)15-3-2-4-16(24)11-15/h2-11H,1,12H2,(H,31,33)/b8-6+. The highest BCUT2D eigenvalue weighted by Crippen LogP contribution is 2.32. The van der Waals surface area contributed by atoms with Crippen molar-refractivity contribution in [3.8, 4) is 11.3 Å². The first kappa shape index (κ1) is 23.7. The molecule has 0 aliphatic rings. The molecule has 1 amide bonds. The monoisotopic (exact) mass is 463 g/mol. The maximum Gasteiger partial charge on any atom is 0.433 e. The fourth-order valence-electron chi connectivity index (χ4n) is 2.91. The van der Waals surface area contributed by atoms with E-state index < -0.39 is 40.9 Å². The quantitative estimate of drug-likeness (QED) is 0.283. The van der Waals surface area contributed by atoms with Crippen LogP contribution in [0, 0.1) is 17.5 Å². The number of carbonyl (C=O) groups is 1. The Hall–Kier alpha value is -3.95. The Morgan fingerprint density at radius 3 is 2.36 bits per heavy atom. The van der Waals surface area contributed by atoms with Gasteiger partial charge in [0.25, 0.3) is 0 Å². The maximum atomic E-state index is 13.7. The van der Waals surface area contributed by atoms with E-state index in [0.29, 0.717) is 0 Å². The van der Waals surface area contributed by atoms with Crippen LogP contribution in [0.25, 0.3) is 17.3 Å². The SMILES string of the molecule is C=Nc1c(F)cc(CNC(=O)/C=C/c2ccc(C(F)(F)F)nc2-c2cccc(F)c2)cc1F. The summed E-state index contributed by atoms with van der Waals surface area (Å²) in [6, 6.07) is 8.66. The van der Waals surface area contributed by atoms with Gasteiger partial charge in [-0.1, -0.05) is 18.2 Å². The first-order valence-electron chi connectivity index (χ1n) is 9.33. The predicted octanol–water partition coefficient (Wildman–Crippen LogP) is 5.85. The summed E-state index contributed by atoms with van der Waals surface area (Å²) in [6.45, 7) is 2.84. The Balaban J connectivity index is 1.82. The second-order valence-electron chi connectivity index (χ2n) is 6.76. The third-order valence-electron chi connectivity index (χ3n) is 4.43. The topological polar surface area (TPSA) is 54.4 Å². The van der Waals surface area contributed by atoms with E-state index in [1.165, 1.54) is 18.2 Å². The molecule has 0 saturated heterocycles. The van der Waals surface area contributed by atoms with E-state index in [1.54, 1.807) is 0 Å². The average molecular weight is 463 g/mol. The number of aliphatic imine (C=N–C) groups is 1. The van der Waals surface area contributed by atoms with Crippen LogP contribution in [0.5, 0.6) is 0 Å². The lowest BCUT2D eigenvalue weighted by Crippen LogP contribution is -2.20. The van der Waals surface area contributed by atoms with Gasteiger partial charge in [-0.05, 0) is 48.7 Å². The van der Waals surface area contributed by atoms with E-state index in [-0.39, 0.29) is 28.9 Å². The van der Waals surface area contributed by atoms with E-state index in [2.05, 4.69) is 22.0 Å². The Bertz CT molecular complexity index is 1210. The summed E-state index contributed by atoms with van der Waals surface area (Å²) in [5, 5.41) is 2.40. The molecule has 1 heterocycles. The molecule has 33 heavy (non-hydrogen) atoms. The smallest absolute Gasteiger partial charge is 0.348 e. The summed E-state index contributed by atoms with van der Waals surface area (Å²) in [7, 11) is 0. The zero-order valence-electron chi connectivity index (χ0n) is 16.8. The minimum absolute atomic E-state index is 0.0861. The van der Waals surface area contributed by atoms with Gasteiger partial charge in [-0.15, -0.1) is 0 Å². The highest BCUT2D eigenvalue weighted by molar-refractivity contribution is 5.92. The Kier molecular flexibility index (Phi) is 6.95. The first-order chi connectivity index (χ1) is 15.6. The van der Waals surface area contributed by atoms with Crippen molar-refractivity contribution in [1.29, 1.82) is 0 Å². The van der Waals surface area contributed by atoms with Crippen LogP contribution in [0.4, 0.5) is 32.0 Å². The summed E-state index contributed by atoms with van der Waals surface area (Å²) in [5.74, 6) is -3.25. The summed E-state index contributed by atoms with van der Waals surface area (Å²) in [4.78, 5) is 19.0. The molecule has 0 fully saturated rings. The number of amides is 1. The molecule has 170 valence electrons. The number of nitrogens with one attached hydrogen (secondary N) is 1. The summed E-state index contributed by atoms with van der Waals surface area (Å²) >= 11 is 0. The molecule has 1 aromatic heterocycles. The predicted molar refractivity (Wildman–Crippen MR) is 111 cm³/mol. The zero-order valence-corrected chi connectivity index (χ0v) is 16.8. The van der Waals surface area contributed by atoms with Crippen LogP contribution in [0.2, 0.25) is 0 Å². The van der Waals surface area contributed by atoms with Crippen LogP contribution in [0.3, 0.4) is 0 Å². The highest BCUT2D eigenvalue weighted by Gasteiger charge is 2.33. The van der Waals surface area contributed by atoms with Crippen molar-refractivity contribution in [2.75, 3.05) is 0 Å². The molecule has 0 bridgehead atoms. The molecule has 0 spiro atoms. The van der Waals surface area contributed by atoms with E-state index in [9.17, 15) is 31.1 Å². The third kappa shape index (κ3) is 5.85. The molecule has 0 aliphatic carbocycles. The van der Waals surface area contributed by atoms with Gasteiger partial charge in [-0.25, -0.2) is 18.2 Å². The number of benzene rings is 2. The van der Waals surface area contributed by atoms with Crippen LogP contribution in [-0.4, -0.2) is 17.6 Å².